The van der Waals surface area contributed by atoms with Crippen LogP contribution in [0.2, 0.25) is 0 Å². The van der Waals surface area contributed by atoms with E-state index in [1.807, 2.05) is 0 Å². The van der Waals surface area contributed by atoms with Crippen LogP contribution in [0.1, 0.15) is 68.2 Å². The average molecular weight is 413 g/mol. The Bertz CT molecular complexity index is 586. The first-order valence-corrected chi connectivity index (χ1v) is 10.7. The van der Waals surface area contributed by atoms with Crippen molar-refractivity contribution in [3.05, 3.63) is 0 Å². The lowest BCUT2D eigenvalue weighted by Crippen LogP contribution is -2.63. The minimum Gasteiger partial charge on any atom is -0.463 e. The minimum atomic E-state index is -0.578. The molecule has 1 N–H and O–H groups in total. The van der Waals surface area contributed by atoms with E-state index in [0.717, 1.165) is 12.8 Å². The maximum atomic E-state index is 11.8. The maximum absolute atomic E-state index is 11.8. The van der Waals surface area contributed by atoms with Crippen molar-refractivity contribution in [2.75, 3.05) is 13.7 Å². The van der Waals surface area contributed by atoms with Crippen LogP contribution in [0.15, 0.2) is 0 Å². The first-order valence-electron chi connectivity index (χ1n) is 10.7. The van der Waals surface area contributed by atoms with Gasteiger partial charge in [0.2, 0.25) is 5.91 Å². The summed E-state index contributed by atoms with van der Waals surface area (Å²) in [6, 6.07) is -0.248. The Balaban J connectivity index is 2.20. The molecule has 0 aromatic rings. The molecule has 2 aliphatic heterocycles. The van der Waals surface area contributed by atoms with Gasteiger partial charge in [-0.25, -0.2) is 0 Å². The number of ether oxygens (including phenoxy) is 3. The summed E-state index contributed by atoms with van der Waals surface area (Å²) in [7, 11) is 2.16. The number of carbonyl (C=O) groups is 2. The van der Waals surface area contributed by atoms with Gasteiger partial charge in [-0.1, -0.05) is 13.8 Å². The molecule has 7 nitrogen and oxygen atoms in total. The average Bonchev–Trinajstić information content (AvgIpc) is 2.57. The van der Waals surface area contributed by atoms with Gasteiger partial charge in [-0.05, 0) is 59.4 Å². The molecule has 0 bridgehead atoms. The number of esters is 1. The van der Waals surface area contributed by atoms with E-state index < -0.39 is 6.29 Å². The monoisotopic (exact) mass is 412 g/mol. The van der Waals surface area contributed by atoms with Crippen LogP contribution in [-0.4, -0.2) is 66.0 Å². The number of amides is 1. The number of rotatable bonds is 5. The van der Waals surface area contributed by atoms with Crippen molar-refractivity contribution >= 4 is 11.9 Å². The second-order valence-corrected chi connectivity index (χ2v) is 10.1. The van der Waals surface area contributed by atoms with Gasteiger partial charge in [0.25, 0.3) is 0 Å². The Labute approximate surface area is 175 Å². The molecule has 0 saturated carbocycles. The first kappa shape index (κ1) is 24.1. The number of hydrogen-bond donors (Lipinski definition) is 1. The fourth-order valence-corrected chi connectivity index (χ4v) is 4.80. The highest BCUT2D eigenvalue weighted by Crippen LogP contribution is 2.40. The molecule has 1 amide bonds. The van der Waals surface area contributed by atoms with Crippen molar-refractivity contribution in [2.45, 2.75) is 104 Å². The molecular formula is C22H40N2O5. The molecule has 0 aromatic carbocycles. The molecule has 0 aliphatic carbocycles. The predicted octanol–water partition coefficient (Wildman–Crippen LogP) is 2.72. The molecule has 0 aromatic heterocycles. The number of piperidine rings is 1. The maximum Gasteiger partial charge on any atom is 0.302 e. The summed E-state index contributed by atoms with van der Waals surface area (Å²) in [5, 5.41) is 3.03. The van der Waals surface area contributed by atoms with Crippen LogP contribution in [0, 0.1) is 11.8 Å². The molecule has 2 saturated heterocycles. The van der Waals surface area contributed by atoms with Crippen LogP contribution in [0.5, 0.6) is 0 Å². The van der Waals surface area contributed by atoms with Crippen molar-refractivity contribution in [1.82, 2.24) is 10.2 Å². The lowest BCUT2D eigenvalue weighted by atomic mass is 9.78. The van der Waals surface area contributed by atoms with E-state index in [9.17, 15) is 9.59 Å². The van der Waals surface area contributed by atoms with Gasteiger partial charge in [0.15, 0.2) is 6.29 Å². The zero-order valence-electron chi connectivity index (χ0n) is 19.6. The van der Waals surface area contributed by atoms with Crippen molar-refractivity contribution in [3.63, 3.8) is 0 Å². The number of nitrogens with zero attached hydrogens (tertiary/aromatic N) is 1. The summed E-state index contributed by atoms with van der Waals surface area (Å²) in [4.78, 5) is 25.5. The number of nitrogens with one attached hydrogen (secondary N) is 1. The molecule has 29 heavy (non-hydrogen) atoms. The molecule has 0 spiro atoms. The van der Waals surface area contributed by atoms with Crippen molar-refractivity contribution in [2.24, 2.45) is 11.8 Å². The molecule has 7 heteroatoms. The summed E-state index contributed by atoms with van der Waals surface area (Å²) < 4.78 is 18.0. The summed E-state index contributed by atoms with van der Waals surface area (Å²) in [6.07, 6.45) is 0.908. The molecule has 2 rings (SSSR count). The van der Waals surface area contributed by atoms with Crippen LogP contribution in [-0.2, 0) is 23.8 Å². The number of likely N-dealkylation sites (tertiary alicyclic amines) is 1. The second kappa shape index (κ2) is 8.90. The van der Waals surface area contributed by atoms with Gasteiger partial charge in [0, 0.05) is 24.9 Å². The third kappa shape index (κ3) is 5.70. The van der Waals surface area contributed by atoms with Crippen LogP contribution in [0.4, 0.5) is 0 Å². The highest BCUT2D eigenvalue weighted by atomic mass is 16.7. The van der Waals surface area contributed by atoms with Gasteiger partial charge in [-0.15, -0.1) is 0 Å². The summed E-state index contributed by atoms with van der Waals surface area (Å²) in [5.74, 6) is -0.204. The molecule has 168 valence electrons. The minimum absolute atomic E-state index is 0.00689. The first-order chi connectivity index (χ1) is 13.2. The van der Waals surface area contributed by atoms with E-state index in [0.29, 0.717) is 0 Å². The highest BCUT2D eigenvalue weighted by Gasteiger charge is 2.48. The summed E-state index contributed by atoms with van der Waals surface area (Å²) in [6.45, 7) is 16.2. The fourth-order valence-electron chi connectivity index (χ4n) is 4.80. The lowest BCUT2D eigenvalue weighted by Gasteiger charge is -2.54. The zero-order chi connectivity index (χ0) is 22.1. The Kier molecular flexibility index (Phi) is 7.39. The van der Waals surface area contributed by atoms with Crippen molar-refractivity contribution in [3.8, 4) is 0 Å². The molecular weight excluding hydrogens is 372 g/mol. The molecule has 2 heterocycles. The topological polar surface area (TPSA) is 77.1 Å². The third-order valence-corrected chi connectivity index (χ3v) is 7.00. The fraction of sp³-hybridized carbons (Fsp3) is 0.909. The van der Waals surface area contributed by atoms with Crippen molar-refractivity contribution < 1.29 is 23.8 Å². The standard InChI is InChI=1S/C22H40N2O5/c1-13-14(2)19(23-15(3)25)20(29-18(13)12-27-16(4)26)28-17-10-21(5,6)24(9)22(7,8)11-17/h13-14,17-20H,10-12H2,1-9H3,(H,23,25). The van der Waals surface area contributed by atoms with Crippen LogP contribution >= 0.6 is 0 Å². The van der Waals surface area contributed by atoms with Gasteiger partial charge < -0.3 is 19.5 Å². The Morgan fingerprint density at radius 2 is 1.62 bits per heavy atom. The van der Waals surface area contributed by atoms with E-state index in [2.05, 4.69) is 58.8 Å². The largest absolute Gasteiger partial charge is 0.463 e. The van der Waals surface area contributed by atoms with Gasteiger partial charge in [0.05, 0.1) is 18.2 Å². The summed E-state index contributed by atoms with van der Waals surface area (Å²) in [5.41, 5.74) is -0.0265. The van der Waals surface area contributed by atoms with E-state index >= 15 is 0 Å². The van der Waals surface area contributed by atoms with Crippen LogP contribution in [0.25, 0.3) is 0 Å². The number of carbonyl (C=O) groups excluding carboxylic acids is 2. The summed E-state index contributed by atoms with van der Waals surface area (Å²) >= 11 is 0. The van der Waals surface area contributed by atoms with Gasteiger partial charge in [0.1, 0.15) is 6.61 Å². The Hall–Kier alpha value is -1.18. The lowest BCUT2D eigenvalue weighted by molar-refractivity contribution is -0.270. The SMILES string of the molecule is CC(=O)NC1C(OC2CC(C)(C)N(C)C(C)(C)C2)OC(COC(C)=O)C(C)C1C. The zero-order valence-corrected chi connectivity index (χ0v) is 19.6. The van der Waals surface area contributed by atoms with Crippen LogP contribution in [0.3, 0.4) is 0 Å². The van der Waals surface area contributed by atoms with E-state index in [4.69, 9.17) is 14.2 Å². The Morgan fingerprint density at radius 1 is 1.07 bits per heavy atom. The quantitative estimate of drug-likeness (QED) is 0.700. The second-order valence-electron chi connectivity index (χ2n) is 10.1. The van der Waals surface area contributed by atoms with Crippen molar-refractivity contribution in [1.29, 1.82) is 0 Å². The van der Waals surface area contributed by atoms with E-state index in [-0.39, 0.29) is 59.6 Å². The normalized spacial score (nSPS) is 35.1. The predicted molar refractivity (Wildman–Crippen MR) is 111 cm³/mol. The smallest absolute Gasteiger partial charge is 0.302 e. The van der Waals surface area contributed by atoms with Gasteiger partial charge in [-0.2, -0.15) is 0 Å². The molecule has 2 aliphatic rings. The van der Waals surface area contributed by atoms with Crippen LogP contribution < -0.4 is 5.32 Å². The Morgan fingerprint density at radius 3 is 2.10 bits per heavy atom. The van der Waals surface area contributed by atoms with Gasteiger partial charge in [-0.3, -0.25) is 14.5 Å². The molecule has 5 unspecified atom stereocenters. The van der Waals surface area contributed by atoms with Gasteiger partial charge >= 0.3 is 5.97 Å². The van der Waals surface area contributed by atoms with E-state index in [1.165, 1.54) is 13.8 Å². The van der Waals surface area contributed by atoms with E-state index in [1.54, 1.807) is 0 Å². The molecule has 2 fully saturated rings. The molecule has 5 atom stereocenters. The highest BCUT2D eigenvalue weighted by molar-refractivity contribution is 5.73. The number of hydrogen-bond acceptors (Lipinski definition) is 6. The molecule has 0 radical (unpaired) electrons. The third-order valence-electron chi connectivity index (χ3n) is 7.00.